The predicted octanol–water partition coefficient (Wildman–Crippen LogP) is 2.23. The van der Waals surface area contributed by atoms with Gasteiger partial charge in [0.1, 0.15) is 12.7 Å². The van der Waals surface area contributed by atoms with Crippen molar-refractivity contribution in [2.75, 3.05) is 13.2 Å². The van der Waals surface area contributed by atoms with Gasteiger partial charge in [0.05, 0.1) is 16.3 Å². The van der Waals surface area contributed by atoms with Crippen LogP contribution in [0.25, 0.3) is 0 Å². The molecule has 22 heavy (non-hydrogen) atoms. The molecule has 1 aromatic carbocycles. The molecule has 8 heteroatoms. The Kier molecular flexibility index (Phi) is 3.92. The molecule has 0 radical (unpaired) electrons. The lowest BCUT2D eigenvalue weighted by atomic mass is 10.2. The molecule has 1 atom stereocenters. The van der Waals surface area contributed by atoms with E-state index >= 15 is 0 Å². The van der Waals surface area contributed by atoms with Crippen LogP contribution < -0.4 is 14.8 Å². The van der Waals surface area contributed by atoms with E-state index in [2.05, 4.69) is 5.32 Å². The summed E-state index contributed by atoms with van der Waals surface area (Å²) in [4.78, 5) is 22.3. The monoisotopic (exact) mass is 320 g/mol. The number of rotatable bonds is 4. The van der Waals surface area contributed by atoms with Crippen molar-refractivity contribution in [3.8, 4) is 11.5 Å². The minimum absolute atomic E-state index is 0.0590. The minimum Gasteiger partial charge on any atom is -0.486 e. The highest BCUT2D eigenvalue weighted by Crippen LogP contribution is 2.30. The molecule has 1 unspecified atom stereocenters. The largest absolute Gasteiger partial charge is 0.486 e. The van der Waals surface area contributed by atoms with Gasteiger partial charge < -0.3 is 14.8 Å². The fourth-order valence-corrected chi connectivity index (χ4v) is 2.74. The van der Waals surface area contributed by atoms with Crippen molar-refractivity contribution in [1.29, 1.82) is 0 Å². The second-order valence-electron chi connectivity index (χ2n) is 4.60. The first-order valence-corrected chi connectivity index (χ1v) is 7.36. The van der Waals surface area contributed by atoms with Crippen molar-refractivity contribution in [3.05, 3.63) is 51.4 Å². The highest BCUT2D eigenvalue weighted by Gasteiger charge is 2.22. The Morgan fingerprint density at radius 1 is 1.32 bits per heavy atom. The zero-order chi connectivity index (χ0) is 15.5. The van der Waals surface area contributed by atoms with Gasteiger partial charge in [-0.2, -0.15) is 0 Å². The van der Waals surface area contributed by atoms with Gasteiger partial charge in [-0.3, -0.25) is 14.9 Å². The van der Waals surface area contributed by atoms with Crippen LogP contribution in [0.3, 0.4) is 0 Å². The lowest BCUT2D eigenvalue weighted by molar-refractivity contribution is -0.380. The molecular weight excluding hydrogens is 308 g/mol. The molecule has 2 heterocycles. The molecule has 3 rings (SSSR count). The topological polar surface area (TPSA) is 90.7 Å². The minimum atomic E-state index is -0.517. The van der Waals surface area contributed by atoms with Gasteiger partial charge in [-0.15, -0.1) is 0 Å². The van der Waals surface area contributed by atoms with Crippen LogP contribution >= 0.6 is 11.3 Å². The number of carbonyl (C=O) groups is 1. The van der Waals surface area contributed by atoms with Crippen molar-refractivity contribution >= 4 is 22.2 Å². The second kappa shape index (κ2) is 6.02. The Labute approximate surface area is 129 Å². The van der Waals surface area contributed by atoms with Crippen molar-refractivity contribution in [1.82, 2.24) is 5.32 Å². The van der Waals surface area contributed by atoms with Crippen LogP contribution in [-0.2, 0) is 0 Å². The van der Waals surface area contributed by atoms with Gasteiger partial charge in [-0.05, 0) is 18.2 Å². The molecule has 1 aliphatic rings. The molecule has 1 amide bonds. The number of carbonyl (C=O) groups excluding carboxylic acids is 1. The molecule has 2 aromatic rings. The third kappa shape index (κ3) is 3.01. The van der Waals surface area contributed by atoms with Gasteiger partial charge in [0.15, 0.2) is 11.5 Å². The van der Waals surface area contributed by atoms with Crippen LogP contribution in [0.1, 0.15) is 9.67 Å². The molecule has 1 N–H and O–H groups in total. The van der Waals surface area contributed by atoms with E-state index in [9.17, 15) is 14.9 Å². The van der Waals surface area contributed by atoms with Gasteiger partial charge in [0.25, 0.3) is 5.91 Å². The molecule has 1 aliphatic heterocycles. The molecule has 0 aliphatic carbocycles. The summed E-state index contributed by atoms with van der Waals surface area (Å²) >= 11 is 0.841. The van der Waals surface area contributed by atoms with Gasteiger partial charge in [-0.1, -0.05) is 23.5 Å². The number of para-hydroxylation sites is 2. The number of nitro groups is 1. The summed E-state index contributed by atoms with van der Waals surface area (Å²) in [6.07, 6.45) is -0.297. The van der Waals surface area contributed by atoms with Crippen molar-refractivity contribution in [3.63, 3.8) is 0 Å². The van der Waals surface area contributed by atoms with Crippen molar-refractivity contribution in [2.45, 2.75) is 6.10 Å². The fraction of sp³-hybridized carbons (Fsp3) is 0.214. The van der Waals surface area contributed by atoms with Crippen LogP contribution in [0.15, 0.2) is 36.4 Å². The van der Waals surface area contributed by atoms with E-state index in [0.717, 1.165) is 11.3 Å². The zero-order valence-corrected chi connectivity index (χ0v) is 12.2. The van der Waals surface area contributed by atoms with Crippen LogP contribution in [0, 0.1) is 10.1 Å². The maximum atomic E-state index is 11.9. The Bertz CT molecular complexity index is 715. The number of thiophene rings is 1. The number of nitrogens with one attached hydrogen (secondary N) is 1. The molecule has 0 spiro atoms. The smallest absolute Gasteiger partial charge is 0.324 e. The number of nitrogens with zero attached hydrogens (tertiary/aromatic N) is 1. The number of ether oxygens (including phenoxy) is 2. The third-order valence-corrected chi connectivity index (χ3v) is 4.09. The van der Waals surface area contributed by atoms with E-state index in [1.54, 1.807) is 6.07 Å². The number of amides is 1. The Morgan fingerprint density at radius 2 is 2.09 bits per heavy atom. The average Bonchev–Trinajstić information content (AvgIpc) is 3.03. The summed E-state index contributed by atoms with van der Waals surface area (Å²) in [5.74, 6) is 0.958. The number of hydrogen-bond acceptors (Lipinski definition) is 6. The average molecular weight is 320 g/mol. The van der Waals surface area contributed by atoms with E-state index in [4.69, 9.17) is 9.47 Å². The van der Waals surface area contributed by atoms with Gasteiger partial charge >= 0.3 is 5.00 Å². The van der Waals surface area contributed by atoms with Crippen molar-refractivity contribution in [2.24, 2.45) is 0 Å². The lowest BCUT2D eigenvalue weighted by Crippen LogP contribution is -2.40. The van der Waals surface area contributed by atoms with E-state index in [0.29, 0.717) is 23.0 Å². The molecule has 114 valence electrons. The van der Waals surface area contributed by atoms with Gasteiger partial charge in [0.2, 0.25) is 0 Å². The van der Waals surface area contributed by atoms with E-state index < -0.39 is 4.92 Å². The number of benzene rings is 1. The fourth-order valence-electron chi connectivity index (χ4n) is 2.01. The molecule has 0 bridgehead atoms. The summed E-state index contributed by atoms with van der Waals surface area (Å²) in [7, 11) is 0. The highest BCUT2D eigenvalue weighted by molar-refractivity contribution is 7.17. The normalized spacial score (nSPS) is 16.1. The number of hydrogen-bond donors (Lipinski definition) is 1. The molecule has 0 saturated heterocycles. The first-order valence-electron chi connectivity index (χ1n) is 6.54. The SMILES string of the molecule is O=C(NCC1COc2ccccc2O1)c1ccc([N+](=O)[O-])s1. The maximum absolute atomic E-state index is 11.9. The van der Waals surface area contributed by atoms with Gasteiger partial charge in [0, 0.05) is 6.07 Å². The lowest BCUT2D eigenvalue weighted by Gasteiger charge is -2.26. The standard InChI is InChI=1S/C14H12N2O5S/c17-14(12-5-6-13(22-12)16(18)19)15-7-9-8-20-10-3-1-2-4-11(10)21-9/h1-6,9H,7-8H2,(H,15,17). The summed E-state index contributed by atoms with van der Waals surface area (Å²) in [6.45, 7) is 0.598. The quantitative estimate of drug-likeness (QED) is 0.689. The highest BCUT2D eigenvalue weighted by atomic mass is 32.1. The number of fused-ring (bicyclic) bond motifs is 1. The Hall–Kier alpha value is -2.61. The van der Waals surface area contributed by atoms with E-state index in [1.165, 1.54) is 12.1 Å². The molecule has 0 fully saturated rings. The summed E-state index contributed by atoms with van der Waals surface area (Å²) in [5, 5.41) is 13.2. The zero-order valence-electron chi connectivity index (χ0n) is 11.4. The summed E-state index contributed by atoms with van der Waals surface area (Å²) in [6, 6.07) is 10.1. The third-order valence-electron chi connectivity index (χ3n) is 3.05. The summed E-state index contributed by atoms with van der Waals surface area (Å²) < 4.78 is 11.3. The molecular formula is C14H12N2O5S. The molecule has 0 saturated carbocycles. The summed E-state index contributed by atoms with van der Waals surface area (Å²) in [5.41, 5.74) is 0. The van der Waals surface area contributed by atoms with Crippen LogP contribution in [0.5, 0.6) is 11.5 Å². The van der Waals surface area contributed by atoms with Crippen LogP contribution in [0.2, 0.25) is 0 Å². The molecule has 7 nitrogen and oxygen atoms in total. The Balaban J connectivity index is 1.56. The second-order valence-corrected chi connectivity index (χ2v) is 5.66. The maximum Gasteiger partial charge on any atom is 0.324 e. The molecule has 1 aromatic heterocycles. The van der Waals surface area contributed by atoms with Crippen LogP contribution in [-0.4, -0.2) is 30.1 Å². The first kappa shape index (κ1) is 14.3. The predicted molar refractivity (Wildman–Crippen MR) is 79.7 cm³/mol. The van der Waals surface area contributed by atoms with E-state index in [-0.39, 0.29) is 23.6 Å². The Morgan fingerprint density at radius 3 is 2.82 bits per heavy atom. The van der Waals surface area contributed by atoms with Crippen LogP contribution in [0.4, 0.5) is 5.00 Å². The van der Waals surface area contributed by atoms with Gasteiger partial charge in [-0.25, -0.2) is 0 Å². The van der Waals surface area contributed by atoms with E-state index in [1.807, 2.05) is 18.2 Å². The van der Waals surface area contributed by atoms with Crippen molar-refractivity contribution < 1.29 is 19.2 Å². The first-order chi connectivity index (χ1) is 10.6.